The normalized spacial score (nSPS) is 12.9. The average Bonchev–Trinajstić information content (AvgIpc) is 3.01. The van der Waals surface area contributed by atoms with Crippen LogP contribution >= 0.6 is 0 Å². The first-order chi connectivity index (χ1) is 21.1. The first kappa shape index (κ1) is 33.9. The van der Waals surface area contributed by atoms with Crippen LogP contribution in [0.25, 0.3) is 0 Å². The quantitative estimate of drug-likeness (QED) is 0.224. The standard InChI is InChI=1S/C34H43N3O7/c1-8-21(4)30(37-34(40)31-32(44-23(6)38)28(41-7)19-20-35-31)33(39)36-22(5)29(24-11-15-26(16-12-24)42-9-2)25-13-17-27(18-14-25)43-10-3/h11-22,29-30H,8-10H2,1-7H3,(H,36,39)(H,37,40)/t21-,22-,30-/m0/s1. The molecule has 0 aliphatic carbocycles. The molecule has 0 radical (unpaired) electrons. The van der Waals surface area contributed by atoms with Gasteiger partial charge in [0.25, 0.3) is 5.91 Å². The molecule has 2 N–H and O–H groups in total. The maximum Gasteiger partial charge on any atom is 0.308 e. The lowest BCUT2D eigenvalue weighted by molar-refractivity contribution is -0.132. The minimum absolute atomic E-state index is 0.109. The smallest absolute Gasteiger partial charge is 0.308 e. The molecule has 0 bridgehead atoms. The maximum absolute atomic E-state index is 13.9. The van der Waals surface area contributed by atoms with E-state index in [9.17, 15) is 14.4 Å². The van der Waals surface area contributed by atoms with Crippen molar-refractivity contribution in [2.24, 2.45) is 5.92 Å². The number of ether oxygens (including phenoxy) is 4. The Bertz CT molecular complexity index is 1340. The van der Waals surface area contributed by atoms with Gasteiger partial charge in [-0.25, -0.2) is 4.98 Å². The zero-order valence-corrected chi connectivity index (χ0v) is 26.5. The molecule has 0 unspecified atom stereocenters. The van der Waals surface area contributed by atoms with E-state index in [-0.39, 0.29) is 41.0 Å². The van der Waals surface area contributed by atoms with Gasteiger partial charge in [0.05, 0.1) is 20.3 Å². The number of carbonyl (C=O) groups excluding carboxylic acids is 3. The maximum atomic E-state index is 13.9. The molecule has 3 rings (SSSR count). The van der Waals surface area contributed by atoms with Gasteiger partial charge in [-0.1, -0.05) is 44.5 Å². The Balaban J connectivity index is 1.91. The lowest BCUT2D eigenvalue weighted by atomic mass is 9.85. The van der Waals surface area contributed by atoms with E-state index >= 15 is 0 Å². The minimum Gasteiger partial charge on any atom is -0.494 e. The van der Waals surface area contributed by atoms with Gasteiger partial charge in [0.1, 0.15) is 17.5 Å². The van der Waals surface area contributed by atoms with Crippen LogP contribution in [0.3, 0.4) is 0 Å². The van der Waals surface area contributed by atoms with Gasteiger partial charge in [0.15, 0.2) is 11.4 Å². The fraction of sp³-hybridized carbons (Fsp3) is 0.412. The number of aromatic nitrogens is 1. The molecule has 0 fully saturated rings. The molecule has 3 aromatic rings. The zero-order chi connectivity index (χ0) is 32.2. The molecule has 10 nitrogen and oxygen atoms in total. The number of nitrogens with one attached hydrogen (secondary N) is 2. The summed E-state index contributed by atoms with van der Waals surface area (Å²) in [6, 6.07) is 15.9. The first-order valence-electron chi connectivity index (χ1n) is 14.9. The molecule has 3 atom stereocenters. The number of methoxy groups -OCH3 is 1. The van der Waals surface area contributed by atoms with Gasteiger partial charge in [0, 0.05) is 31.1 Å². The molecule has 0 aliphatic rings. The Kier molecular flexibility index (Phi) is 12.6. The zero-order valence-electron chi connectivity index (χ0n) is 26.5. The second kappa shape index (κ2) is 16.3. The highest BCUT2D eigenvalue weighted by Crippen LogP contribution is 2.32. The number of carbonyl (C=O) groups is 3. The van der Waals surface area contributed by atoms with Gasteiger partial charge in [0.2, 0.25) is 11.7 Å². The summed E-state index contributed by atoms with van der Waals surface area (Å²) in [5.41, 5.74) is 1.82. The van der Waals surface area contributed by atoms with Crippen LogP contribution in [0.5, 0.6) is 23.0 Å². The second-order valence-corrected chi connectivity index (χ2v) is 10.4. The third-order valence-electron chi connectivity index (χ3n) is 7.30. The van der Waals surface area contributed by atoms with Crippen molar-refractivity contribution in [3.8, 4) is 23.0 Å². The molecular formula is C34H43N3O7. The fourth-order valence-electron chi connectivity index (χ4n) is 4.95. The Hall–Kier alpha value is -4.60. The van der Waals surface area contributed by atoms with Crippen LogP contribution in [-0.4, -0.2) is 55.2 Å². The Morgan fingerprint density at radius 3 is 1.82 bits per heavy atom. The number of benzene rings is 2. The molecule has 0 spiro atoms. The van der Waals surface area contributed by atoms with Gasteiger partial charge < -0.3 is 29.6 Å². The summed E-state index contributed by atoms with van der Waals surface area (Å²) in [7, 11) is 1.39. The monoisotopic (exact) mass is 605 g/mol. The van der Waals surface area contributed by atoms with Gasteiger partial charge in [-0.2, -0.15) is 0 Å². The van der Waals surface area contributed by atoms with Crippen LogP contribution < -0.4 is 29.6 Å². The summed E-state index contributed by atoms with van der Waals surface area (Å²) in [4.78, 5) is 43.2. The lowest BCUT2D eigenvalue weighted by Gasteiger charge is -2.30. The van der Waals surface area contributed by atoms with Gasteiger partial charge >= 0.3 is 5.97 Å². The van der Waals surface area contributed by atoms with E-state index in [1.807, 2.05) is 83.1 Å². The molecule has 0 saturated heterocycles. The van der Waals surface area contributed by atoms with Crippen molar-refractivity contribution in [2.75, 3.05) is 20.3 Å². The Labute approximate surface area is 259 Å². The molecule has 1 heterocycles. The third kappa shape index (κ3) is 8.72. The number of hydrogen-bond donors (Lipinski definition) is 2. The van der Waals surface area contributed by atoms with Gasteiger partial charge in [-0.15, -0.1) is 0 Å². The molecule has 236 valence electrons. The van der Waals surface area contributed by atoms with E-state index < -0.39 is 17.9 Å². The summed E-state index contributed by atoms with van der Waals surface area (Å²) in [6.07, 6.45) is 2.00. The SMILES string of the molecule is CCOc1ccc(C(c2ccc(OCC)cc2)[C@H](C)NC(=O)[C@@H](NC(=O)c2nccc(OC)c2OC(C)=O)[C@@H](C)CC)cc1. The molecule has 0 aliphatic heterocycles. The number of rotatable bonds is 15. The van der Waals surface area contributed by atoms with Crippen molar-refractivity contribution in [3.63, 3.8) is 0 Å². The minimum atomic E-state index is -0.894. The van der Waals surface area contributed by atoms with Crippen molar-refractivity contribution in [1.29, 1.82) is 0 Å². The molecule has 44 heavy (non-hydrogen) atoms. The lowest BCUT2D eigenvalue weighted by Crippen LogP contribution is -2.53. The first-order valence-corrected chi connectivity index (χ1v) is 14.9. The van der Waals surface area contributed by atoms with Gasteiger partial charge in [-0.3, -0.25) is 14.4 Å². The summed E-state index contributed by atoms with van der Waals surface area (Å²) in [5.74, 6) is -0.492. The van der Waals surface area contributed by atoms with E-state index in [1.54, 1.807) is 0 Å². The fourth-order valence-corrected chi connectivity index (χ4v) is 4.95. The topological polar surface area (TPSA) is 125 Å². The highest BCUT2D eigenvalue weighted by Gasteiger charge is 2.32. The molecule has 0 saturated carbocycles. The van der Waals surface area contributed by atoms with E-state index in [1.165, 1.54) is 26.3 Å². The predicted octanol–water partition coefficient (Wildman–Crippen LogP) is 5.29. The van der Waals surface area contributed by atoms with Crippen molar-refractivity contribution >= 4 is 17.8 Å². The molecule has 2 aromatic carbocycles. The van der Waals surface area contributed by atoms with E-state index in [0.717, 1.165) is 22.6 Å². The largest absolute Gasteiger partial charge is 0.494 e. The number of pyridine rings is 1. The Morgan fingerprint density at radius 1 is 0.818 bits per heavy atom. The van der Waals surface area contributed by atoms with Crippen LogP contribution in [0.2, 0.25) is 0 Å². The van der Waals surface area contributed by atoms with Crippen molar-refractivity contribution in [1.82, 2.24) is 15.6 Å². The number of esters is 1. The molecular weight excluding hydrogens is 562 g/mol. The number of hydrogen-bond acceptors (Lipinski definition) is 8. The Morgan fingerprint density at radius 2 is 1.36 bits per heavy atom. The van der Waals surface area contributed by atoms with Crippen molar-refractivity contribution in [2.45, 2.75) is 66.0 Å². The van der Waals surface area contributed by atoms with E-state index in [0.29, 0.717) is 19.6 Å². The highest BCUT2D eigenvalue weighted by atomic mass is 16.6. The third-order valence-corrected chi connectivity index (χ3v) is 7.30. The van der Waals surface area contributed by atoms with Crippen LogP contribution in [-0.2, 0) is 9.59 Å². The summed E-state index contributed by atoms with van der Waals surface area (Å²) in [5, 5.41) is 5.97. The summed E-state index contributed by atoms with van der Waals surface area (Å²) < 4.78 is 21.8. The van der Waals surface area contributed by atoms with Crippen LogP contribution in [0.4, 0.5) is 0 Å². The average molecular weight is 606 g/mol. The van der Waals surface area contributed by atoms with E-state index in [4.69, 9.17) is 18.9 Å². The van der Waals surface area contributed by atoms with Crippen molar-refractivity contribution in [3.05, 3.63) is 77.6 Å². The van der Waals surface area contributed by atoms with Crippen LogP contribution in [0.15, 0.2) is 60.8 Å². The van der Waals surface area contributed by atoms with Crippen LogP contribution in [0, 0.1) is 5.92 Å². The molecule has 1 aromatic heterocycles. The molecule has 2 amide bonds. The summed E-state index contributed by atoms with van der Waals surface area (Å²) in [6.45, 7) is 12.0. The summed E-state index contributed by atoms with van der Waals surface area (Å²) >= 11 is 0. The second-order valence-electron chi connectivity index (χ2n) is 10.4. The van der Waals surface area contributed by atoms with Gasteiger partial charge in [-0.05, 0) is 62.1 Å². The highest BCUT2D eigenvalue weighted by molar-refractivity contribution is 5.99. The predicted molar refractivity (Wildman–Crippen MR) is 167 cm³/mol. The number of nitrogens with zero attached hydrogens (tertiary/aromatic N) is 1. The number of amides is 2. The molecule has 10 heteroatoms. The van der Waals surface area contributed by atoms with E-state index in [2.05, 4.69) is 15.6 Å². The van der Waals surface area contributed by atoms with Crippen LogP contribution in [0.1, 0.15) is 75.5 Å². The van der Waals surface area contributed by atoms with Crippen molar-refractivity contribution < 1.29 is 33.3 Å².